The lowest BCUT2D eigenvalue weighted by Gasteiger charge is -2.17. The lowest BCUT2D eigenvalue weighted by molar-refractivity contribution is 0.287. The number of nitrogens with zero attached hydrogens (tertiary/aromatic N) is 2. The van der Waals surface area contributed by atoms with Crippen molar-refractivity contribution < 1.29 is 4.74 Å². The first kappa shape index (κ1) is 14.1. The molecule has 0 saturated carbocycles. The van der Waals surface area contributed by atoms with E-state index in [4.69, 9.17) is 9.73 Å². The zero-order chi connectivity index (χ0) is 13.7. The molecular weight excluding hydrogens is 236 g/mol. The lowest BCUT2D eigenvalue weighted by Crippen LogP contribution is -2.28. The molecule has 0 aromatic heterocycles. The summed E-state index contributed by atoms with van der Waals surface area (Å²) < 4.78 is 5.73. The van der Waals surface area contributed by atoms with Crippen LogP contribution in [0.25, 0.3) is 0 Å². The molecule has 2 rings (SSSR count). The van der Waals surface area contributed by atoms with Crippen molar-refractivity contribution in [2.24, 2.45) is 4.99 Å². The van der Waals surface area contributed by atoms with Gasteiger partial charge in [-0.05, 0) is 57.8 Å². The average Bonchev–Trinajstić information content (AvgIpc) is 2.87. The van der Waals surface area contributed by atoms with Crippen LogP contribution in [0.2, 0.25) is 0 Å². The quantitative estimate of drug-likeness (QED) is 0.611. The van der Waals surface area contributed by atoms with Crippen molar-refractivity contribution in [3.8, 4) is 0 Å². The number of aliphatic imine (C=N–C) groups is 1. The van der Waals surface area contributed by atoms with Gasteiger partial charge in [0.2, 0.25) is 5.90 Å². The van der Waals surface area contributed by atoms with Crippen LogP contribution in [0.1, 0.15) is 30.9 Å². The predicted octanol–water partition coefficient (Wildman–Crippen LogP) is 3.47. The van der Waals surface area contributed by atoms with Gasteiger partial charge in [-0.2, -0.15) is 0 Å². The van der Waals surface area contributed by atoms with Crippen LogP contribution in [-0.4, -0.2) is 37.0 Å². The van der Waals surface area contributed by atoms with Crippen LogP contribution in [0, 0.1) is 13.8 Å². The molecule has 0 radical (unpaired) electrons. The summed E-state index contributed by atoms with van der Waals surface area (Å²) in [6.07, 6.45) is 2.59. The number of hydrogen-bond acceptors (Lipinski definition) is 3. The van der Waals surface area contributed by atoms with Gasteiger partial charge >= 0.3 is 0 Å². The summed E-state index contributed by atoms with van der Waals surface area (Å²) in [5, 5.41) is 0. The van der Waals surface area contributed by atoms with Crippen LogP contribution in [0.3, 0.4) is 0 Å². The first-order valence-electron chi connectivity index (χ1n) is 7.19. The van der Waals surface area contributed by atoms with Crippen LogP contribution in [0.15, 0.2) is 23.2 Å². The molecule has 1 saturated heterocycles. The Morgan fingerprint density at radius 1 is 1.21 bits per heavy atom. The SMILES string of the molecule is CCO/C(CN1CCCC1)=N\c1c(C)cccc1C. The fourth-order valence-electron chi connectivity index (χ4n) is 2.52. The van der Waals surface area contributed by atoms with E-state index in [2.05, 4.69) is 36.9 Å². The van der Waals surface area contributed by atoms with E-state index >= 15 is 0 Å². The second-order valence-electron chi connectivity index (χ2n) is 5.16. The van der Waals surface area contributed by atoms with Crippen LogP contribution in [0.4, 0.5) is 5.69 Å². The summed E-state index contributed by atoms with van der Waals surface area (Å²) >= 11 is 0. The molecule has 1 aromatic rings. The first-order valence-corrected chi connectivity index (χ1v) is 7.19. The van der Waals surface area contributed by atoms with Crippen LogP contribution in [0.5, 0.6) is 0 Å². The monoisotopic (exact) mass is 260 g/mol. The standard InChI is InChI=1S/C16H24N2O/c1-4-19-15(12-18-10-5-6-11-18)17-16-13(2)8-7-9-14(16)3/h7-9H,4-6,10-12H2,1-3H3/b17-15-. The molecule has 0 N–H and O–H groups in total. The van der Waals surface area contributed by atoms with Gasteiger partial charge < -0.3 is 4.74 Å². The van der Waals surface area contributed by atoms with Crippen molar-refractivity contribution in [2.75, 3.05) is 26.2 Å². The number of likely N-dealkylation sites (tertiary alicyclic amines) is 1. The highest BCUT2D eigenvalue weighted by Gasteiger charge is 2.15. The maximum atomic E-state index is 5.73. The molecule has 1 aliphatic rings. The molecule has 1 aromatic carbocycles. The number of benzene rings is 1. The minimum atomic E-state index is 0.678. The molecule has 0 spiro atoms. The van der Waals surface area contributed by atoms with Crippen molar-refractivity contribution in [1.82, 2.24) is 4.90 Å². The molecule has 0 aliphatic carbocycles. The van der Waals surface area contributed by atoms with Gasteiger partial charge in [0.25, 0.3) is 0 Å². The van der Waals surface area contributed by atoms with Crippen LogP contribution in [-0.2, 0) is 4.74 Å². The second kappa shape index (κ2) is 6.71. The zero-order valence-corrected chi connectivity index (χ0v) is 12.3. The Hall–Kier alpha value is -1.35. The highest BCUT2D eigenvalue weighted by atomic mass is 16.5. The fraction of sp³-hybridized carbons (Fsp3) is 0.562. The highest BCUT2D eigenvalue weighted by molar-refractivity contribution is 5.82. The molecule has 1 fully saturated rings. The molecule has 3 nitrogen and oxygen atoms in total. The van der Waals surface area contributed by atoms with E-state index in [1.807, 2.05) is 6.92 Å². The molecule has 0 amide bonds. The third kappa shape index (κ3) is 3.80. The van der Waals surface area contributed by atoms with Crippen LogP contribution < -0.4 is 0 Å². The Kier molecular flexibility index (Phi) is 4.97. The number of hydrogen-bond donors (Lipinski definition) is 0. The normalized spacial score (nSPS) is 16.9. The zero-order valence-electron chi connectivity index (χ0n) is 12.3. The second-order valence-corrected chi connectivity index (χ2v) is 5.16. The first-order chi connectivity index (χ1) is 9.20. The van der Waals surface area contributed by atoms with E-state index in [1.165, 1.54) is 37.1 Å². The van der Waals surface area contributed by atoms with Crippen LogP contribution >= 0.6 is 0 Å². The lowest BCUT2D eigenvalue weighted by atomic mass is 10.1. The summed E-state index contributed by atoms with van der Waals surface area (Å²) in [5.41, 5.74) is 3.47. The van der Waals surface area contributed by atoms with Crippen molar-refractivity contribution >= 4 is 11.6 Å². The molecule has 1 heterocycles. The summed E-state index contributed by atoms with van der Waals surface area (Å²) in [4.78, 5) is 7.18. The van der Waals surface area contributed by atoms with Gasteiger partial charge in [-0.15, -0.1) is 0 Å². The maximum Gasteiger partial charge on any atom is 0.203 e. The predicted molar refractivity (Wildman–Crippen MR) is 80.3 cm³/mol. The summed E-state index contributed by atoms with van der Waals surface area (Å²) in [5.74, 6) is 0.849. The van der Waals surface area contributed by atoms with E-state index in [1.54, 1.807) is 0 Å². The summed E-state index contributed by atoms with van der Waals surface area (Å²) in [6.45, 7) is 10.1. The molecule has 3 heteroatoms. The van der Waals surface area contributed by atoms with Gasteiger partial charge in [-0.25, -0.2) is 4.99 Å². The van der Waals surface area contributed by atoms with E-state index < -0.39 is 0 Å². The topological polar surface area (TPSA) is 24.8 Å². The molecule has 1 aliphatic heterocycles. The van der Waals surface area contributed by atoms with Crippen molar-refractivity contribution in [3.05, 3.63) is 29.3 Å². The minimum absolute atomic E-state index is 0.678. The third-order valence-corrected chi connectivity index (χ3v) is 3.54. The van der Waals surface area contributed by atoms with Crippen molar-refractivity contribution in [1.29, 1.82) is 0 Å². The largest absolute Gasteiger partial charge is 0.480 e. The maximum absolute atomic E-state index is 5.73. The molecule has 104 valence electrons. The Morgan fingerprint density at radius 2 is 1.84 bits per heavy atom. The Labute approximate surface area is 116 Å². The number of para-hydroxylation sites is 1. The minimum Gasteiger partial charge on any atom is -0.480 e. The van der Waals surface area contributed by atoms with Gasteiger partial charge in [-0.3, -0.25) is 4.90 Å². The summed E-state index contributed by atoms with van der Waals surface area (Å²) in [6, 6.07) is 6.28. The molecule has 0 bridgehead atoms. The van der Waals surface area contributed by atoms with Gasteiger partial charge in [-0.1, -0.05) is 18.2 Å². The number of rotatable bonds is 4. The Balaban J connectivity index is 2.19. The van der Waals surface area contributed by atoms with Gasteiger partial charge in [0, 0.05) is 0 Å². The molecule has 0 atom stereocenters. The molecule has 0 unspecified atom stereocenters. The number of ether oxygens (including phenoxy) is 1. The van der Waals surface area contributed by atoms with E-state index in [-0.39, 0.29) is 0 Å². The molecular formula is C16H24N2O. The Morgan fingerprint density at radius 3 is 2.42 bits per heavy atom. The van der Waals surface area contributed by atoms with Crippen molar-refractivity contribution in [3.63, 3.8) is 0 Å². The third-order valence-electron chi connectivity index (χ3n) is 3.54. The molecule has 19 heavy (non-hydrogen) atoms. The van der Waals surface area contributed by atoms with E-state index in [0.717, 1.165) is 18.1 Å². The van der Waals surface area contributed by atoms with Gasteiger partial charge in [0.05, 0.1) is 18.8 Å². The highest BCUT2D eigenvalue weighted by Crippen LogP contribution is 2.23. The van der Waals surface area contributed by atoms with E-state index in [0.29, 0.717) is 6.61 Å². The van der Waals surface area contributed by atoms with Gasteiger partial charge in [0.1, 0.15) is 0 Å². The average molecular weight is 260 g/mol. The van der Waals surface area contributed by atoms with Crippen molar-refractivity contribution in [2.45, 2.75) is 33.6 Å². The van der Waals surface area contributed by atoms with E-state index in [9.17, 15) is 0 Å². The van der Waals surface area contributed by atoms with Gasteiger partial charge in [0.15, 0.2) is 0 Å². The number of aryl methyl sites for hydroxylation is 2. The Bertz CT molecular complexity index is 428. The fourth-order valence-corrected chi connectivity index (χ4v) is 2.52. The summed E-state index contributed by atoms with van der Waals surface area (Å²) in [7, 11) is 0. The smallest absolute Gasteiger partial charge is 0.203 e.